The number of rotatable bonds is 14. The molecule has 13 heteroatoms. The first kappa shape index (κ1) is 28.7. The van der Waals surface area contributed by atoms with Gasteiger partial charge in [0.25, 0.3) is 0 Å². The second-order valence-corrected chi connectivity index (χ2v) is 11.1. The van der Waals surface area contributed by atoms with Crippen molar-refractivity contribution in [2.24, 2.45) is 5.92 Å². The minimum absolute atomic E-state index is 0.0589. The molecule has 0 spiro atoms. The molecule has 10 nitrogen and oxygen atoms in total. The summed E-state index contributed by atoms with van der Waals surface area (Å²) in [5.41, 5.74) is 1.04. The Kier molecular flexibility index (Phi) is 10.7. The van der Waals surface area contributed by atoms with Crippen LogP contribution in [0.4, 0.5) is 16.3 Å². The molecule has 1 aromatic heterocycles. The number of aromatic nitrogens is 3. The summed E-state index contributed by atoms with van der Waals surface area (Å²) in [7, 11) is -3.67. The van der Waals surface area contributed by atoms with Crippen molar-refractivity contribution in [3.63, 3.8) is 0 Å². The lowest BCUT2D eigenvalue weighted by atomic mass is 10.0. The highest BCUT2D eigenvalue weighted by Gasteiger charge is 2.19. The summed E-state index contributed by atoms with van der Waals surface area (Å²) in [6.45, 7) is 7.25. The third kappa shape index (κ3) is 9.94. The fourth-order valence-electron chi connectivity index (χ4n) is 3.02. The Labute approximate surface area is 209 Å². The van der Waals surface area contributed by atoms with Crippen LogP contribution in [0.15, 0.2) is 23.4 Å². The molecule has 2 rings (SSSR count). The van der Waals surface area contributed by atoms with E-state index in [0.29, 0.717) is 6.42 Å². The number of ether oxygens (including phenoxy) is 1. The smallest absolute Gasteiger partial charge is 0.242 e. The molecule has 1 aromatic carbocycles. The fourth-order valence-corrected chi connectivity index (χ4v) is 4.16. The van der Waals surface area contributed by atoms with E-state index < -0.39 is 16.4 Å². The molecular formula is C22H32FN5O5S2. The predicted molar refractivity (Wildman–Crippen MR) is 134 cm³/mol. The number of aliphatic hydroxyl groups excluding tert-OH is 1. The Hall–Kier alpha value is -2.51. The number of ketones is 1. The van der Waals surface area contributed by atoms with Crippen molar-refractivity contribution in [3.8, 4) is 5.75 Å². The van der Waals surface area contributed by atoms with Crippen molar-refractivity contribution >= 4 is 39.5 Å². The summed E-state index contributed by atoms with van der Waals surface area (Å²) < 4.78 is 44.7. The number of hydrogen-bond donors (Lipinski definition) is 3. The molecule has 0 aliphatic heterocycles. The Balaban J connectivity index is 2.27. The molecule has 194 valence electrons. The number of Topliss-reactive ketones (excluding diaryl/α,β-unsaturated/α-hetero) is 1. The molecule has 1 heterocycles. The molecule has 2 atom stereocenters. The number of thioether (sulfide) groups is 1. The highest BCUT2D eigenvalue weighted by molar-refractivity contribution is 7.99. The van der Waals surface area contributed by atoms with E-state index in [1.165, 1.54) is 0 Å². The highest BCUT2D eigenvalue weighted by Crippen LogP contribution is 2.26. The van der Waals surface area contributed by atoms with Gasteiger partial charge in [-0.3, -0.25) is 9.52 Å². The molecule has 0 radical (unpaired) electrons. The average molecular weight is 530 g/mol. The number of halogens is 1. The zero-order chi connectivity index (χ0) is 26.2. The van der Waals surface area contributed by atoms with Crippen LogP contribution >= 0.6 is 11.8 Å². The minimum Gasteiger partial charge on any atom is -0.460 e. The van der Waals surface area contributed by atoms with Gasteiger partial charge in [-0.15, -0.1) is 0 Å². The van der Waals surface area contributed by atoms with Crippen LogP contribution in [0.5, 0.6) is 5.75 Å². The van der Waals surface area contributed by atoms with Crippen LogP contribution in [0.3, 0.4) is 0 Å². The van der Waals surface area contributed by atoms with Crippen molar-refractivity contribution in [1.82, 2.24) is 15.0 Å². The molecule has 1 unspecified atom stereocenters. The van der Waals surface area contributed by atoms with Crippen LogP contribution in [-0.4, -0.2) is 65.3 Å². The number of hydrogen-bond acceptors (Lipinski definition) is 10. The third-order valence-electron chi connectivity index (χ3n) is 4.54. The predicted octanol–water partition coefficient (Wildman–Crippen LogP) is 3.43. The Morgan fingerprint density at radius 3 is 2.51 bits per heavy atom. The normalized spacial score (nSPS) is 13.4. The van der Waals surface area contributed by atoms with Gasteiger partial charge in [-0.25, -0.2) is 12.8 Å². The zero-order valence-corrected chi connectivity index (χ0v) is 22.0. The molecular weight excluding hydrogens is 497 g/mol. The largest absolute Gasteiger partial charge is 0.460 e. The molecule has 0 amide bonds. The van der Waals surface area contributed by atoms with Crippen LogP contribution in [0.2, 0.25) is 0 Å². The van der Waals surface area contributed by atoms with Crippen molar-refractivity contribution in [2.75, 3.05) is 28.7 Å². The Bertz CT molecular complexity index is 1120. The van der Waals surface area contributed by atoms with Gasteiger partial charge < -0.3 is 15.2 Å². The van der Waals surface area contributed by atoms with E-state index in [2.05, 4.69) is 25.0 Å². The van der Waals surface area contributed by atoms with Gasteiger partial charge in [-0.1, -0.05) is 44.2 Å². The SMILES string of the molecule is CCC(F)Oc1ccc(C)cc1C(=O)CSc1nc(N[C@@H](CO)CC(C)C)nc(NS(C)(=O)=O)n1. The van der Waals surface area contributed by atoms with Crippen LogP contribution in [0.1, 0.15) is 49.5 Å². The number of sulfonamides is 1. The number of aliphatic hydroxyl groups is 1. The lowest BCUT2D eigenvalue weighted by Gasteiger charge is -2.18. The first-order valence-electron chi connectivity index (χ1n) is 11.1. The maximum absolute atomic E-state index is 13.8. The summed E-state index contributed by atoms with van der Waals surface area (Å²) in [4.78, 5) is 25.4. The lowest BCUT2D eigenvalue weighted by molar-refractivity contribution is 0.0627. The lowest BCUT2D eigenvalue weighted by Crippen LogP contribution is -2.27. The number of alkyl halides is 1. The van der Waals surface area contributed by atoms with Gasteiger partial charge in [-0.2, -0.15) is 15.0 Å². The maximum atomic E-state index is 13.8. The molecule has 0 saturated carbocycles. The average Bonchev–Trinajstić information content (AvgIpc) is 2.76. The van der Waals surface area contributed by atoms with E-state index in [1.807, 2.05) is 20.8 Å². The van der Waals surface area contributed by atoms with E-state index in [-0.39, 0.29) is 64.9 Å². The zero-order valence-electron chi connectivity index (χ0n) is 20.4. The summed E-state index contributed by atoms with van der Waals surface area (Å²) in [5.74, 6) is -0.179. The van der Waals surface area contributed by atoms with Crippen molar-refractivity contribution in [3.05, 3.63) is 29.3 Å². The van der Waals surface area contributed by atoms with Crippen LogP contribution in [0, 0.1) is 12.8 Å². The second kappa shape index (κ2) is 13.0. The third-order valence-corrected chi connectivity index (χ3v) is 5.95. The Morgan fingerprint density at radius 2 is 1.91 bits per heavy atom. The molecule has 0 aliphatic carbocycles. The van der Waals surface area contributed by atoms with Crippen LogP contribution in [-0.2, 0) is 10.0 Å². The Morgan fingerprint density at radius 1 is 1.23 bits per heavy atom. The summed E-state index contributed by atoms with van der Waals surface area (Å²) in [6.07, 6.45) is 0.188. The molecule has 0 fully saturated rings. The van der Waals surface area contributed by atoms with E-state index in [9.17, 15) is 22.7 Å². The van der Waals surface area contributed by atoms with Crippen molar-refractivity contribution < 1.29 is 27.4 Å². The molecule has 2 aromatic rings. The van der Waals surface area contributed by atoms with Gasteiger partial charge in [0.05, 0.1) is 30.2 Å². The van der Waals surface area contributed by atoms with Crippen LogP contribution in [0.25, 0.3) is 0 Å². The summed E-state index contributed by atoms with van der Waals surface area (Å²) in [5, 5.41) is 12.7. The van der Waals surface area contributed by atoms with Gasteiger partial charge in [0.15, 0.2) is 10.9 Å². The number of nitrogens with one attached hydrogen (secondary N) is 2. The first-order chi connectivity index (χ1) is 16.4. The summed E-state index contributed by atoms with van der Waals surface area (Å²) in [6, 6.07) is 4.54. The molecule has 35 heavy (non-hydrogen) atoms. The van der Waals surface area contributed by atoms with Gasteiger partial charge in [0, 0.05) is 6.42 Å². The minimum atomic E-state index is -3.67. The fraction of sp³-hybridized carbons (Fsp3) is 0.545. The number of nitrogens with zero attached hydrogens (tertiary/aromatic N) is 3. The number of carbonyl (C=O) groups is 1. The first-order valence-corrected chi connectivity index (χ1v) is 14.0. The van der Waals surface area contributed by atoms with E-state index >= 15 is 0 Å². The standard InChI is InChI=1S/C22H32FN5O5S2/c1-6-19(23)33-18-8-7-14(4)10-16(18)17(30)12-34-22-26-20(24-15(11-29)9-13(2)3)25-21(27-22)28-35(5,31)32/h7-8,10,13,15,19,29H,6,9,11-12H2,1-5H3,(H2,24,25,26,27,28)/t15-,19?/m1/s1. The van der Waals surface area contributed by atoms with Crippen molar-refractivity contribution in [2.45, 2.75) is 58.1 Å². The van der Waals surface area contributed by atoms with E-state index in [0.717, 1.165) is 23.6 Å². The quantitative estimate of drug-likeness (QED) is 0.246. The van der Waals surface area contributed by atoms with Gasteiger partial charge in [-0.05, 0) is 31.4 Å². The number of benzene rings is 1. The van der Waals surface area contributed by atoms with Gasteiger partial charge >= 0.3 is 0 Å². The van der Waals surface area contributed by atoms with Crippen LogP contribution < -0.4 is 14.8 Å². The van der Waals surface area contributed by atoms with Crippen molar-refractivity contribution in [1.29, 1.82) is 0 Å². The maximum Gasteiger partial charge on any atom is 0.242 e. The number of carbonyl (C=O) groups excluding carboxylic acids is 1. The molecule has 0 aliphatic rings. The van der Waals surface area contributed by atoms with Gasteiger partial charge in [0.2, 0.25) is 28.3 Å². The number of anilines is 2. The molecule has 0 bridgehead atoms. The van der Waals surface area contributed by atoms with E-state index in [4.69, 9.17) is 4.74 Å². The molecule has 0 saturated heterocycles. The van der Waals surface area contributed by atoms with Gasteiger partial charge in [0.1, 0.15) is 5.75 Å². The van der Waals surface area contributed by atoms with E-state index in [1.54, 1.807) is 25.1 Å². The monoisotopic (exact) mass is 529 g/mol. The molecule has 3 N–H and O–H groups in total. The highest BCUT2D eigenvalue weighted by atomic mass is 32.2. The summed E-state index contributed by atoms with van der Waals surface area (Å²) >= 11 is 0.967. The number of aryl methyl sites for hydroxylation is 1. The second-order valence-electron chi connectivity index (χ2n) is 8.44. The topological polar surface area (TPSA) is 143 Å².